The number of aliphatic hydroxyl groups excluding tert-OH is 1. The Morgan fingerprint density at radius 2 is 1.88 bits per heavy atom. The molecular formula is C20H26O4. The highest BCUT2D eigenvalue weighted by Gasteiger charge is 2.16. The molecule has 0 aliphatic rings. The van der Waals surface area contributed by atoms with Crippen molar-refractivity contribution in [1.82, 2.24) is 0 Å². The van der Waals surface area contributed by atoms with Gasteiger partial charge in [-0.25, -0.2) is 0 Å². The molecule has 0 aromatic heterocycles. The summed E-state index contributed by atoms with van der Waals surface area (Å²) < 4.78 is 16.2. The van der Waals surface area contributed by atoms with Gasteiger partial charge in [0.05, 0.1) is 20.8 Å². The fraction of sp³-hybridized carbons (Fsp3) is 0.400. The second-order valence-corrected chi connectivity index (χ2v) is 5.66. The first-order valence-corrected chi connectivity index (χ1v) is 8.26. The minimum atomic E-state index is -0.763. The van der Waals surface area contributed by atoms with Crippen LogP contribution < -0.4 is 9.47 Å². The van der Waals surface area contributed by atoms with Gasteiger partial charge in [-0.2, -0.15) is 0 Å². The summed E-state index contributed by atoms with van der Waals surface area (Å²) in [4.78, 5) is 0. The molecule has 0 heterocycles. The first kappa shape index (κ1) is 18.3. The van der Waals surface area contributed by atoms with Gasteiger partial charge in [0.25, 0.3) is 0 Å². The van der Waals surface area contributed by atoms with Crippen LogP contribution >= 0.6 is 0 Å². The van der Waals surface area contributed by atoms with Gasteiger partial charge in [0, 0.05) is 18.2 Å². The van der Waals surface area contributed by atoms with Crippen LogP contribution in [0.15, 0.2) is 42.5 Å². The molecule has 0 saturated carbocycles. The van der Waals surface area contributed by atoms with Crippen LogP contribution in [0.4, 0.5) is 0 Å². The van der Waals surface area contributed by atoms with Crippen molar-refractivity contribution in [3.05, 3.63) is 59.2 Å². The smallest absolute Gasteiger partial charge is 0.128 e. The lowest BCUT2D eigenvalue weighted by molar-refractivity contribution is 0.118. The van der Waals surface area contributed by atoms with Gasteiger partial charge in [-0.05, 0) is 29.7 Å². The monoisotopic (exact) mass is 330 g/mol. The van der Waals surface area contributed by atoms with E-state index in [-0.39, 0.29) is 0 Å². The SMILES string of the molecule is CCCCOCc1cccc(C(O)c2ccc(OC)cc2OC)c1. The third-order valence-corrected chi connectivity index (χ3v) is 3.91. The Labute approximate surface area is 144 Å². The largest absolute Gasteiger partial charge is 0.497 e. The zero-order chi connectivity index (χ0) is 17.4. The van der Waals surface area contributed by atoms with Crippen molar-refractivity contribution in [3.8, 4) is 11.5 Å². The molecule has 2 aromatic carbocycles. The van der Waals surface area contributed by atoms with Crippen molar-refractivity contribution in [1.29, 1.82) is 0 Å². The number of aliphatic hydroxyl groups is 1. The van der Waals surface area contributed by atoms with Gasteiger partial charge >= 0.3 is 0 Å². The van der Waals surface area contributed by atoms with Crippen molar-refractivity contribution >= 4 is 0 Å². The molecule has 0 saturated heterocycles. The van der Waals surface area contributed by atoms with E-state index in [1.807, 2.05) is 36.4 Å². The Balaban J connectivity index is 2.16. The van der Waals surface area contributed by atoms with Gasteiger partial charge in [-0.1, -0.05) is 37.6 Å². The van der Waals surface area contributed by atoms with E-state index in [0.717, 1.165) is 30.6 Å². The number of hydrogen-bond acceptors (Lipinski definition) is 4. The van der Waals surface area contributed by atoms with Crippen molar-refractivity contribution in [2.45, 2.75) is 32.5 Å². The minimum Gasteiger partial charge on any atom is -0.497 e. The van der Waals surface area contributed by atoms with Crippen molar-refractivity contribution in [3.63, 3.8) is 0 Å². The molecule has 24 heavy (non-hydrogen) atoms. The van der Waals surface area contributed by atoms with E-state index in [1.165, 1.54) is 0 Å². The molecule has 0 fully saturated rings. The molecule has 0 amide bonds. The summed E-state index contributed by atoms with van der Waals surface area (Å²) in [5.41, 5.74) is 2.58. The zero-order valence-corrected chi connectivity index (χ0v) is 14.6. The van der Waals surface area contributed by atoms with Crippen LogP contribution in [-0.4, -0.2) is 25.9 Å². The number of hydrogen-bond donors (Lipinski definition) is 1. The summed E-state index contributed by atoms with van der Waals surface area (Å²) in [5, 5.41) is 10.7. The molecule has 2 rings (SSSR count). The topological polar surface area (TPSA) is 47.9 Å². The summed E-state index contributed by atoms with van der Waals surface area (Å²) in [6, 6.07) is 13.2. The van der Waals surface area contributed by atoms with E-state index in [0.29, 0.717) is 23.7 Å². The van der Waals surface area contributed by atoms with E-state index in [2.05, 4.69) is 6.92 Å². The van der Waals surface area contributed by atoms with Crippen LogP contribution in [0, 0.1) is 0 Å². The predicted molar refractivity (Wildman–Crippen MR) is 94.6 cm³/mol. The van der Waals surface area contributed by atoms with E-state index >= 15 is 0 Å². The fourth-order valence-electron chi connectivity index (χ4n) is 2.51. The molecule has 130 valence electrons. The molecule has 1 N–H and O–H groups in total. The van der Waals surface area contributed by atoms with Crippen molar-refractivity contribution < 1.29 is 19.3 Å². The lowest BCUT2D eigenvalue weighted by Gasteiger charge is -2.17. The number of unbranched alkanes of at least 4 members (excludes halogenated alkanes) is 1. The average molecular weight is 330 g/mol. The third kappa shape index (κ3) is 4.73. The first-order valence-electron chi connectivity index (χ1n) is 8.26. The van der Waals surface area contributed by atoms with E-state index < -0.39 is 6.10 Å². The van der Waals surface area contributed by atoms with Crippen LogP contribution in [0.3, 0.4) is 0 Å². The average Bonchev–Trinajstić information content (AvgIpc) is 2.64. The Kier molecular flexibility index (Phi) is 7.09. The van der Waals surface area contributed by atoms with Gasteiger partial charge in [0.15, 0.2) is 0 Å². The molecular weight excluding hydrogens is 304 g/mol. The Hall–Kier alpha value is -2.04. The summed E-state index contributed by atoms with van der Waals surface area (Å²) in [7, 11) is 3.19. The van der Waals surface area contributed by atoms with Crippen LogP contribution in [-0.2, 0) is 11.3 Å². The maximum absolute atomic E-state index is 10.7. The van der Waals surface area contributed by atoms with Crippen molar-refractivity contribution in [2.75, 3.05) is 20.8 Å². The quantitative estimate of drug-likeness (QED) is 0.703. The predicted octanol–water partition coefficient (Wildman–Crippen LogP) is 4.10. The number of benzene rings is 2. The highest BCUT2D eigenvalue weighted by Crippen LogP contribution is 2.33. The van der Waals surface area contributed by atoms with Crippen molar-refractivity contribution in [2.24, 2.45) is 0 Å². The van der Waals surface area contributed by atoms with Gasteiger partial charge in [-0.3, -0.25) is 0 Å². The lowest BCUT2D eigenvalue weighted by Crippen LogP contribution is -2.04. The third-order valence-electron chi connectivity index (χ3n) is 3.91. The molecule has 1 atom stereocenters. The zero-order valence-electron chi connectivity index (χ0n) is 14.6. The molecule has 4 heteroatoms. The minimum absolute atomic E-state index is 0.556. The lowest BCUT2D eigenvalue weighted by atomic mass is 9.99. The fourth-order valence-corrected chi connectivity index (χ4v) is 2.51. The Morgan fingerprint density at radius 1 is 1.04 bits per heavy atom. The molecule has 2 aromatic rings. The van der Waals surface area contributed by atoms with Crippen LogP contribution in [0.1, 0.15) is 42.6 Å². The molecule has 1 unspecified atom stereocenters. The summed E-state index contributed by atoms with van der Waals surface area (Å²) >= 11 is 0. The van der Waals surface area contributed by atoms with E-state index in [4.69, 9.17) is 14.2 Å². The number of ether oxygens (including phenoxy) is 3. The molecule has 0 spiro atoms. The van der Waals surface area contributed by atoms with Gasteiger partial charge in [0.1, 0.15) is 17.6 Å². The van der Waals surface area contributed by atoms with E-state index in [9.17, 15) is 5.11 Å². The standard InChI is InChI=1S/C20H26O4/c1-4-5-11-24-14-15-7-6-8-16(12-15)20(21)18-10-9-17(22-2)13-19(18)23-3/h6-10,12-13,20-21H,4-5,11,14H2,1-3H3. The second-order valence-electron chi connectivity index (χ2n) is 5.66. The summed E-state index contributed by atoms with van der Waals surface area (Å²) in [6.07, 6.45) is 1.42. The highest BCUT2D eigenvalue weighted by molar-refractivity contribution is 5.45. The van der Waals surface area contributed by atoms with Crippen LogP contribution in [0.5, 0.6) is 11.5 Å². The summed E-state index contributed by atoms with van der Waals surface area (Å²) in [5.74, 6) is 1.30. The second kappa shape index (κ2) is 9.30. The molecule has 0 radical (unpaired) electrons. The number of methoxy groups -OCH3 is 2. The molecule has 0 bridgehead atoms. The van der Waals surface area contributed by atoms with Gasteiger partial charge in [-0.15, -0.1) is 0 Å². The molecule has 4 nitrogen and oxygen atoms in total. The maximum atomic E-state index is 10.7. The first-order chi connectivity index (χ1) is 11.7. The normalized spacial score (nSPS) is 12.0. The van der Waals surface area contributed by atoms with Gasteiger partial charge < -0.3 is 19.3 Å². The summed E-state index contributed by atoms with van der Waals surface area (Å²) in [6.45, 7) is 3.46. The highest BCUT2D eigenvalue weighted by atomic mass is 16.5. The molecule has 0 aliphatic heterocycles. The molecule has 0 aliphatic carbocycles. The van der Waals surface area contributed by atoms with Gasteiger partial charge in [0.2, 0.25) is 0 Å². The van der Waals surface area contributed by atoms with E-state index in [1.54, 1.807) is 20.3 Å². The Bertz CT molecular complexity index is 639. The van der Waals surface area contributed by atoms with Crippen LogP contribution in [0.25, 0.3) is 0 Å². The van der Waals surface area contributed by atoms with Crippen LogP contribution in [0.2, 0.25) is 0 Å². The maximum Gasteiger partial charge on any atom is 0.128 e. The Morgan fingerprint density at radius 3 is 2.58 bits per heavy atom. The number of rotatable bonds is 9.